The molecule has 3 aromatic carbocycles. The van der Waals surface area contributed by atoms with E-state index in [9.17, 15) is 9.59 Å². The summed E-state index contributed by atoms with van der Waals surface area (Å²) in [4.78, 5) is 28.6. The second-order valence-corrected chi connectivity index (χ2v) is 13.8. The molecule has 0 aliphatic heterocycles. The van der Waals surface area contributed by atoms with Crippen LogP contribution in [0.2, 0.25) is 0 Å². The van der Waals surface area contributed by atoms with Gasteiger partial charge < -0.3 is 31.5 Å². The molecule has 12 nitrogen and oxygen atoms in total. The molecule has 1 aliphatic carbocycles. The van der Waals surface area contributed by atoms with Crippen LogP contribution < -0.4 is 31.6 Å². The summed E-state index contributed by atoms with van der Waals surface area (Å²) in [6.45, 7) is 8.45. The van der Waals surface area contributed by atoms with Crippen LogP contribution in [0.1, 0.15) is 64.4 Å². The number of carbonyl (C=O) groups is 2. The number of ketones is 2. The summed E-state index contributed by atoms with van der Waals surface area (Å²) in [5.74, 6) is 0.609. The van der Waals surface area contributed by atoms with Crippen molar-refractivity contribution in [2.24, 2.45) is 35.8 Å². The number of nitrogens with two attached hydrogens (primary N) is 2. The van der Waals surface area contributed by atoms with Gasteiger partial charge in [-0.1, -0.05) is 36.3 Å². The van der Waals surface area contributed by atoms with Gasteiger partial charge in [0.2, 0.25) is 0 Å². The van der Waals surface area contributed by atoms with Gasteiger partial charge in [-0.25, -0.2) is 9.13 Å². The van der Waals surface area contributed by atoms with Crippen molar-refractivity contribution in [1.82, 2.24) is 4.57 Å². The van der Waals surface area contributed by atoms with Gasteiger partial charge in [-0.2, -0.15) is 0 Å². The molecule has 0 spiro atoms. The van der Waals surface area contributed by atoms with Crippen LogP contribution in [-0.2, 0) is 14.1 Å². The lowest BCUT2D eigenvalue weighted by Crippen LogP contribution is -2.41. The maximum Gasteiger partial charge on any atom is 0.421 e. The predicted octanol–water partition coefficient (Wildman–Crippen LogP) is 5.56. The number of benzene rings is 3. The van der Waals surface area contributed by atoms with Crippen LogP contribution in [0.15, 0.2) is 83.3 Å². The molecule has 1 aromatic heterocycles. The van der Waals surface area contributed by atoms with Gasteiger partial charge in [0.1, 0.15) is 5.69 Å². The molecule has 1 heterocycles. The Morgan fingerprint density at radius 3 is 1.96 bits per heavy atom. The lowest BCUT2D eigenvalue weighted by atomic mass is 9.82. The third kappa shape index (κ3) is 10.1. The number of nitrogens with zero attached hydrogens (tertiary/aromatic N) is 6. The average Bonchev–Trinajstić information content (AvgIpc) is 3.47. The van der Waals surface area contributed by atoms with Gasteiger partial charge in [-0.15, -0.1) is 0 Å². The molecule has 0 fully saturated rings. The van der Waals surface area contributed by atoms with Crippen molar-refractivity contribution in [1.29, 1.82) is 0 Å². The number of anilines is 3. The normalized spacial score (nSPS) is 12.3. The number of fused-ring (bicyclic) bond motifs is 2. The van der Waals surface area contributed by atoms with Crippen LogP contribution in [0.25, 0.3) is 0 Å². The second kappa shape index (κ2) is 19.1. The Bertz CT molecular complexity index is 1790. The molecule has 5 rings (SSSR count). The molecule has 0 saturated heterocycles. The van der Waals surface area contributed by atoms with E-state index in [0.29, 0.717) is 41.0 Å². The van der Waals surface area contributed by atoms with E-state index in [1.54, 1.807) is 31.3 Å². The van der Waals surface area contributed by atoms with E-state index >= 15 is 0 Å². The summed E-state index contributed by atoms with van der Waals surface area (Å²) in [7, 11) is 10.2. The number of rotatable bonds is 17. The molecule has 0 radical (unpaired) electrons. The van der Waals surface area contributed by atoms with Crippen molar-refractivity contribution in [2.75, 3.05) is 82.5 Å². The van der Waals surface area contributed by atoms with Crippen LogP contribution in [0.5, 0.6) is 0 Å². The third-order valence-corrected chi connectivity index (χ3v) is 9.31. The first-order chi connectivity index (χ1) is 25.0. The van der Waals surface area contributed by atoms with Crippen LogP contribution in [-0.4, -0.2) is 87.6 Å². The molecule has 0 amide bonds. The highest BCUT2D eigenvalue weighted by molar-refractivity contribution is 6.31. The van der Waals surface area contributed by atoms with Crippen LogP contribution in [0.4, 0.5) is 28.7 Å². The van der Waals surface area contributed by atoms with Gasteiger partial charge in [0.05, 0.1) is 64.8 Å². The molecular weight excluding hydrogens is 653 g/mol. The Morgan fingerprint density at radius 2 is 1.42 bits per heavy atom. The number of azo groups is 1. The smallest absolute Gasteiger partial charge is 0.388 e. The van der Waals surface area contributed by atoms with Crippen molar-refractivity contribution in [3.63, 3.8) is 0 Å². The molecule has 6 N–H and O–H groups in total. The molecule has 0 bridgehead atoms. The Labute approximate surface area is 309 Å². The number of carbonyl (C=O) groups excluding carboxylic acids is 2. The summed E-state index contributed by atoms with van der Waals surface area (Å²) in [6.07, 6.45) is 7.99. The molecule has 1 aliphatic rings. The fourth-order valence-corrected chi connectivity index (χ4v) is 6.52. The third-order valence-electron chi connectivity index (χ3n) is 9.31. The van der Waals surface area contributed by atoms with Crippen molar-refractivity contribution < 1.29 is 18.6 Å². The SMILES string of the molecule is CCC[N+](C)(C)CCCNc1ccc(NC)c2c1C(=O)c1ccccc1C2=O.Cn1cc[n+](C)c1N=Nc1ccc(N(CCCN)CCCN)cc1. The number of aryl methyl sites for hydroxylation is 2. The van der Waals surface area contributed by atoms with E-state index in [0.717, 1.165) is 80.2 Å². The number of hydrogen-bond donors (Lipinski definition) is 4. The Hall–Kier alpha value is -4.91. The van der Waals surface area contributed by atoms with E-state index < -0.39 is 0 Å². The quantitative estimate of drug-likeness (QED) is 0.0428. The molecule has 278 valence electrons. The number of nitrogens with one attached hydrogen (secondary N) is 2. The van der Waals surface area contributed by atoms with Crippen molar-refractivity contribution in [3.05, 3.63) is 95.3 Å². The first kappa shape index (κ1) is 39.9. The van der Waals surface area contributed by atoms with Gasteiger partial charge in [-0.3, -0.25) is 9.59 Å². The highest BCUT2D eigenvalue weighted by atomic mass is 16.1. The summed E-state index contributed by atoms with van der Waals surface area (Å²) in [6, 6.07) is 19.0. The Morgan fingerprint density at radius 1 is 0.827 bits per heavy atom. The van der Waals surface area contributed by atoms with Crippen LogP contribution >= 0.6 is 0 Å². The van der Waals surface area contributed by atoms with Gasteiger partial charge in [0.25, 0.3) is 0 Å². The second-order valence-electron chi connectivity index (χ2n) is 13.8. The first-order valence-corrected chi connectivity index (χ1v) is 18.3. The van der Waals surface area contributed by atoms with Gasteiger partial charge in [0.15, 0.2) is 11.6 Å². The minimum absolute atomic E-state index is 0.0908. The summed E-state index contributed by atoms with van der Waals surface area (Å²) in [5.41, 5.74) is 16.6. The van der Waals surface area contributed by atoms with E-state index in [2.05, 4.69) is 58.9 Å². The molecule has 0 atom stereocenters. The Kier molecular flexibility index (Phi) is 14.6. The topological polar surface area (TPSA) is 147 Å². The highest BCUT2D eigenvalue weighted by Crippen LogP contribution is 2.36. The monoisotopic (exact) mass is 710 g/mol. The van der Waals surface area contributed by atoms with E-state index in [-0.39, 0.29) is 11.6 Å². The van der Waals surface area contributed by atoms with Gasteiger partial charge >= 0.3 is 5.95 Å². The molecule has 4 aromatic rings. The van der Waals surface area contributed by atoms with Crippen LogP contribution in [0, 0.1) is 0 Å². The predicted molar refractivity (Wildman–Crippen MR) is 211 cm³/mol. The highest BCUT2D eigenvalue weighted by Gasteiger charge is 2.33. The van der Waals surface area contributed by atoms with Crippen molar-refractivity contribution >= 4 is 40.3 Å². The van der Waals surface area contributed by atoms with Gasteiger partial charge in [-0.05, 0) is 68.8 Å². The molecule has 0 saturated carbocycles. The molecule has 0 unspecified atom stereocenters. The number of hydrogen-bond acceptors (Lipinski definition) is 9. The minimum Gasteiger partial charge on any atom is -0.388 e. The zero-order valence-electron chi connectivity index (χ0n) is 31.9. The first-order valence-electron chi connectivity index (χ1n) is 18.3. The lowest BCUT2D eigenvalue weighted by molar-refractivity contribution is -0.890. The summed E-state index contributed by atoms with van der Waals surface area (Å²) in [5, 5.41) is 15.1. The number of quaternary nitrogens is 1. The summed E-state index contributed by atoms with van der Waals surface area (Å²) < 4.78 is 4.85. The maximum atomic E-state index is 13.2. The van der Waals surface area contributed by atoms with Gasteiger partial charge in [0, 0.05) is 66.4 Å². The van der Waals surface area contributed by atoms with E-state index in [1.165, 1.54) is 5.69 Å². The molecule has 12 heteroatoms. The largest absolute Gasteiger partial charge is 0.421 e. The molecular formula is C40H58N10O2+2. The average molecular weight is 711 g/mol. The maximum absolute atomic E-state index is 13.2. The van der Waals surface area contributed by atoms with Crippen LogP contribution in [0.3, 0.4) is 0 Å². The number of aromatic nitrogens is 2. The number of imidazole rings is 1. The Balaban J connectivity index is 0.000000236. The minimum atomic E-state index is -0.0982. The zero-order chi connectivity index (χ0) is 37.7. The fraction of sp³-hybridized carbons (Fsp3) is 0.425. The molecule has 52 heavy (non-hydrogen) atoms. The lowest BCUT2D eigenvalue weighted by Gasteiger charge is -2.29. The van der Waals surface area contributed by atoms with Crippen molar-refractivity contribution in [3.8, 4) is 0 Å². The van der Waals surface area contributed by atoms with E-state index in [4.69, 9.17) is 11.5 Å². The summed E-state index contributed by atoms with van der Waals surface area (Å²) >= 11 is 0. The zero-order valence-corrected chi connectivity index (χ0v) is 31.9. The van der Waals surface area contributed by atoms with E-state index in [1.807, 2.05) is 59.9 Å². The van der Waals surface area contributed by atoms with Crippen molar-refractivity contribution in [2.45, 2.75) is 32.6 Å². The fourth-order valence-electron chi connectivity index (χ4n) is 6.52. The standard InChI is InChI=1S/C23H29N3O2.C17H28N7/c1-5-14-26(3,4)15-8-13-25-19-12-11-18(24-2)20-21(19)23(28)17-10-7-6-9-16(17)22(20)27;1-22-13-14-23(2)17(22)21-20-15-5-7-16(8-6-15)24(11-3-9-18)12-4-10-19/h6-7,9-12H,5,8,13-15H2,1-4H3,(H-,24,25,27,28);5-8,13-14H,3-4,9-12,18-19H2,1-2H3/q;+1/p+1.